The van der Waals surface area contributed by atoms with E-state index in [1.54, 1.807) is 12.1 Å². The third kappa shape index (κ3) is 7.46. The van der Waals surface area contributed by atoms with Crippen molar-refractivity contribution in [1.29, 1.82) is 0 Å². The molecule has 0 saturated carbocycles. The van der Waals surface area contributed by atoms with Crippen molar-refractivity contribution in [2.75, 3.05) is 7.11 Å². The van der Waals surface area contributed by atoms with Crippen LogP contribution in [0.1, 0.15) is 31.4 Å². The van der Waals surface area contributed by atoms with E-state index in [1.807, 2.05) is 0 Å². The highest BCUT2D eigenvalue weighted by Gasteiger charge is 2.22. The van der Waals surface area contributed by atoms with Gasteiger partial charge in [0.2, 0.25) is 6.10 Å². The van der Waals surface area contributed by atoms with Gasteiger partial charge >= 0.3 is 0 Å². The molecular formula is C25H24O8. The molecule has 2 rings (SSSR count). The largest absolute Gasteiger partial charge is 0.504 e. The summed E-state index contributed by atoms with van der Waals surface area (Å²) in [5.74, 6) is -1.99. The molecule has 0 heterocycles. The summed E-state index contributed by atoms with van der Waals surface area (Å²) in [6.45, 7) is 2.41. The van der Waals surface area contributed by atoms with Gasteiger partial charge in [0, 0.05) is 0 Å². The van der Waals surface area contributed by atoms with E-state index in [1.165, 1.54) is 69.5 Å². The summed E-state index contributed by atoms with van der Waals surface area (Å²) in [5.41, 5.74) is 1.08. The molecule has 8 heteroatoms. The number of carbonyl (C=O) groups excluding carboxylic acids is 4. The van der Waals surface area contributed by atoms with Crippen molar-refractivity contribution in [3.63, 3.8) is 0 Å². The molecular weight excluding hydrogens is 428 g/mol. The number of allylic oxidation sites excluding steroid dienone is 2. The van der Waals surface area contributed by atoms with E-state index in [2.05, 4.69) is 0 Å². The minimum Gasteiger partial charge on any atom is -0.504 e. The Morgan fingerprint density at radius 2 is 1.27 bits per heavy atom. The van der Waals surface area contributed by atoms with Gasteiger partial charge in [0.25, 0.3) is 0 Å². The molecule has 0 fully saturated rings. The van der Waals surface area contributed by atoms with Crippen molar-refractivity contribution in [3.8, 4) is 23.0 Å². The van der Waals surface area contributed by atoms with Gasteiger partial charge in [-0.1, -0.05) is 24.3 Å². The first-order valence-electron chi connectivity index (χ1n) is 9.90. The fourth-order valence-corrected chi connectivity index (χ4v) is 2.77. The quantitative estimate of drug-likeness (QED) is 0.393. The second kappa shape index (κ2) is 11.4. The average Bonchev–Trinajstić information content (AvgIpc) is 2.76. The number of ether oxygens (including phenoxy) is 2. The summed E-state index contributed by atoms with van der Waals surface area (Å²) < 4.78 is 10.3. The van der Waals surface area contributed by atoms with Crippen LogP contribution in [-0.4, -0.2) is 46.6 Å². The van der Waals surface area contributed by atoms with Gasteiger partial charge in [-0.05, 0) is 61.4 Å². The minimum atomic E-state index is -1.34. The Kier molecular flexibility index (Phi) is 8.68. The first-order valence-corrected chi connectivity index (χ1v) is 9.90. The zero-order valence-electron chi connectivity index (χ0n) is 18.4. The summed E-state index contributed by atoms with van der Waals surface area (Å²) in [7, 11) is 1.41. The maximum Gasteiger partial charge on any atom is 0.214 e. The van der Waals surface area contributed by atoms with E-state index in [0.717, 1.165) is 0 Å². The SMILES string of the molecule is COc1cc(/C=C/C(=O)CC(=O)/C=C/c2ccc(O)c(OC(C(C)=O)C(C)=O)c2)ccc1O. The standard InChI is InChI=1S/C25H24O8/c1-15(26)25(16(2)27)33-24-13-18(7-11-22(24)31)5-9-20(29)14-19(28)8-4-17-6-10-21(30)23(12-17)32-3/h4-13,25,30-31H,14H2,1-3H3/b8-4+,9-5+. The molecule has 0 amide bonds. The Labute approximate surface area is 190 Å². The maximum atomic E-state index is 12.1. The molecule has 172 valence electrons. The summed E-state index contributed by atoms with van der Waals surface area (Å²) in [6, 6.07) is 8.75. The lowest BCUT2D eigenvalue weighted by Gasteiger charge is -2.14. The molecule has 0 saturated heterocycles. The number of benzene rings is 2. The van der Waals surface area contributed by atoms with Crippen molar-refractivity contribution < 1.29 is 38.9 Å². The van der Waals surface area contributed by atoms with Gasteiger partial charge in [-0.25, -0.2) is 0 Å². The first-order chi connectivity index (χ1) is 15.6. The van der Waals surface area contributed by atoms with Crippen molar-refractivity contribution in [2.45, 2.75) is 26.4 Å². The molecule has 2 aromatic carbocycles. The summed E-state index contributed by atoms with van der Waals surface area (Å²) in [6.07, 6.45) is 3.69. The van der Waals surface area contributed by atoms with Crippen LogP contribution in [0.2, 0.25) is 0 Å². The molecule has 0 aliphatic heterocycles. The third-order valence-electron chi connectivity index (χ3n) is 4.44. The molecule has 2 N–H and O–H groups in total. The normalized spacial score (nSPS) is 11.2. The summed E-state index contributed by atoms with van der Waals surface area (Å²) in [5, 5.41) is 19.5. The van der Waals surface area contributed by atoms with Crippen molar-refractivity contribution >= 4 is 35.3 Å². The zero-order chi connectivity index (χ0) is 24.5. The van der Waals surface area contributed by atoms with Gasteiger partial charge in [0.15, 0.2) is 46.1 Å². The van der Waals surface area contributed by atoms with Crippen molar-refractivity contribution in [2.24, 2.45) is 0 Å². The number of Topliss-reactive ketones (excluding diaryl/α,β-unsaturated/α-hetero) is 2. The summed E-state index contributed by atoms with van der Waals surface area (Å²) in [4.78, 5) is 47.3. The van der Waals surface area contributed by atoms with Crippen LogP contribution in [0, 0.1) is 0 Å². The second-order valence-electron chi connectivity index (χ2n) is 7.15. The van der Waals surface area contributed by atoms with E-state index in [0.29, 0.717) is 11.1 Å². The van der Waals surface area contributed by atoms with Crippen LogP contribution in [0.4, 0.5) is 0 Å². The number of carbonyl (C=O) groups is 4. The number of phenols is 2. The van der Waals surface area contributed by atoms with Crippen LogP contribution in [0.25, 0.3) is 12.2 Å². The smallest absolute Gasteiger partial charge is 0.214 e. The number of hydrogen-bond acceptors (Lipinski definition) is 8. The number of ketones is 4. The fraction of sp³-hybridized carbons (Fsp3) is 0.200. The van der Waals surface area contributed by atoms with E-state index in [-0.39, 0.29) is 29.4 Å². The highest BCUT2D eigenvalue weighted by molar-refractivity contribution is 6.11. The maximum absolute atomic E-state index is 12.1. The van der Waals surface area contributed by atoms with Crippen LogP contribution < -0.4 is 9.47 Å². The van der Waals surface area contributed by atoms with Gasteiger partial charge in [-0.2, -0.15) is 0 Å². The molecule has 0 radical (unpaired) electrons. The fourth-order valence-electron chi connectivity index (χ4n) is 2.77. The number of hydrogen-bond donors (Lipinski definition) is 2. The van der Waals surface area contributed by atoms with E-state index >= 15 is 0 Å². The van der Waals surface area contributed by atoms with E-state index in [4.69, 9.17) is 9.47 Å². The Morgan fingerprint density at radius 1 is 0.818 bits per heavy atom. The van der Waals surface area contributed by atoms with Crippen molar-refractivity contribution in [3.05, 3.63) is 59.7 Å². The Bertz CT molecular complexity index is 1110. The van der Waals surface area contributed by atoms with Gasteiger partial charge < -0.3 is 19.7 Å². The van der Waals surface area contributed by atoms with Gasteiger partial charge in [0.1, 0.15) is 0 Å². The highest BCUT2D eigenvalue weighted by atomic mass is 16.5. The van der Waals surface area contributed by atoms with Crippen molar-refractivity contribution in [1.82, 2.24) is 0 Å². The van der Waals surface area contributed by atoms with Crippen LogP contribution in [-0.2, 0) is 19.2 Å². The lowest BCUT2D eigenvalue weighted by atomic mass is 10.1. The predicted molar refractivity (Wildman–Crippen MR) is 121 cm³/mol. The lowest BCUT2D eigenvalue weighted by molar-refractivity contribution is -0.134. The van der Waals surface area contributed by atoms with Gasteiger partial charge in [-0.15, -0.1) is 0 Å². The molecule has 33 heavy (non-hydrogen) atoms. The van der Waals surface area contributed by atoms with Crippen LogP contribution >= 0.6 is 0 Å². The van der Waals surface area contributed by atoms with Crippen LogP contribution in [0.3, 0.4) is 0 Å². The molecule has 0 unspecified atom stereocenters. The van der Waals surface area contributed by atoms with Crippen LogP contribution in [0.15, 0.2) is 48.6 Å². The third-order valence-corrected chi connectivity index (χ3v) is 4.44. The number of methoxy groups -OCH3 is 1. The van der Waals surface area contributed by atoms with E-state index in [9.17, 15) is 29.4 Å². The molecule has 0 bridgehead atoms. The second-order valence-corrected chi connectivity index (χ2v) is 7.15. The number of phenolic OH excluding ortho intramolecular Hbond substituents is 2. The molecule has 0 atom stereocenters. The number of aromatic hydroxyl groups is 2. The van der Waals surface area contributed by atoms with E-state index < -0.39 is 29.2 Å². The molecule has 0 aliphatic carbocycles. The topological polar surface area (TPSA) is 127 Å². The Balaban J connectivity index is 2.03. The Hall–Kier alpha value is -4.20. The van der Waals surface area contributed by atoms with Gasteiger partial charge in [-0.3, -0.25) is 19.2 Å². The first kappa shape index (κ1) is 25.1. The Morgan fingerprint density at radius 3 is 1.73 bits per heavy atom. The lowest BCUT2D eigenvalue weighted by Crippen LogP contribution is -2.32. The molecule has 2 aromatic rings. The van der Waals surface area contributed by atoms with Crippen LogP contribution in [0.5, 0.6) is 23.0 Å². The molecule has 0 aliphatic rings. The minimum absolute atomic E-state index is 0.0258. The summed E-state index contributed by atoms with van der Waals surface area (Å²) >= 11 is 0. The molecule has 0 spiro atoms. The zero-order valence-corrected chi connectivity index (χ0v) is 18.4. The predicted octanol–water partition coefficient (Wildman–Crippen LogP) is 3.29. The molecule has 0 aromatic heterocycles. The monoisotopic (exact) mass is 452 g/mol. The van der Waals surface area contributed by atoms with Gasteiger partial charge in [0.05, 0.1) is 13.5 Å². The highest BCUT2D eigenvalue weighted by Crippen LogP contribution is 2.29. The molecule has 8 nitrogen and oxygen atoms in total. The average molecular weight is 452 g/mol. The number of rotatable bonds is 11.